The highest BCUT2D eigenvalue weighted by Gasteiger charge is 2.63. The van der Waals surface area contributed by atoms with Gasteiger partial charge in [-0.15, -0.1) is 0 Å². The van der Waals surface area contributed by atoms with Gasteiger partial charge in [0.15, 0.2) is 6.10 Å². The van der Waals surface area contributed by atoms with Crippen molar-refractivity contribution in [2.24, 2.45) is 0 Å². The summed E-state index contributed by atoms with van der Waals surface area (Å²) in [5.41, 5.74) is 0. The maximum Gasteiger partial charge on any atom is 0.456 e. The van der Waals surface area contributed by atoms with Crippen molar-refractivity contribution in [1.82, 2.24) is 0 Å². The van der Waals surface area contributed by atoms with E-state index in [0.717, 1.165) is 6.07 Å². The van der Waals surface area contributed by atoms with E-state index in [1.165, 1.54) is 13.0 Å². The number of hydrogen-bond acceptors (Lipinski definition) is 2. The van der Waals surface area contributed by atoms with Crippen LogP contribution in [0.5, 0.6) is 0 Å². The number of aliphatic hydroxyl groups is 1. The lowest BCUT2D eigenvalue weighted by molar-refractivity contribution is -0.317. The quantitative estimate of drug-likeness (QED) is 0.792. The molecule has 86 valence electrons. The van der Waals surface area contributed by atoms with E-state index in [2.05, 4.69) is 4.42 Å². The molecule has 0 aliphatic rings. The SMILES string of the molecule is Cc1ccc(C(O)C(F)(F)C(F)(F)F)o1. The first kappa shape index (κ1) is 12.0. The molecule has 7 heteroatoms. The van der Waals surface area contributed by atoms with Gasteiger partial charge in [-0.1, -0.05) is 0 Å². The number of aliphatic hydroxyl groups excluding tert-OH is 1. The summed E-state index contributed by atoms with van der Waals surface area (Å²) >= 11 is 0. The van der Waals surface area contributed by atoms with Crippen molar-refractivity contribution in [1.29, 1.82) is 0 Å². The molecule has 0 aromatic carbocycles. The third-order valence-corrected chi connectivity index (χ3v) is 1.75. The summed E-state index contributed by atoms with van der Waals surface area (Å²) in [4.78, 5) is 0. The molecule has 0 saturated carbocycles. The van der Waals surface area contributed by atoms with Gasteiger partial charge in [-0.05, 0) is 19.1 Å². The molecule has 0 aliphatic heterocycles. The summed E-state index contributed by atoms with van der Waals surface area (Å²) in [5.74, 6) is -5.89. The standard InChI is InChI=1S/C8H7F5O2/c1-4-2-3-5(15-4)6(14)7(9,10)8(11,12)13/h2-3,6,14H,1H3. The van der Waals surface area contributed by atoms with E-state index in [1.54, 1.807) is 0 Å². The zero-order chi connectivity index (χ0) is 11.9. The monoisotopic (exact) mass is 230 g/mol. The van der Waals surface area contributed by atoms with Crippen LogP contribution in [0, 0.1) is 6.92 Å². The van der Waals surface area contributed by atoms with Gasteiger partial charge < -0.3 is 9.52 Å². The second kappa shape index (κ2) is 3.48. The van der Waals surface area contributed by atoms with E-state index < -0.39 is 24.0 Å². The largest absolute Gasteiger partial charge is 0.463 e. The second-order valence-corrected chi connectivity index (χ2v) is 2.97. The van der Waals surface area contributed by atoms with Gasteiger partial charge in [0.25, 0.3) is 0 Å². The van der Waals surface area contributed by atoms with Gasteiger partial charge in [-0.25, -0.2) is 0 Å². The van der Waals surface area contributed by atoms with Gasteiger partial charge in [0.1, 0.15) is 11.5 Å². The highest BCUT2D eigenvalue weighted by atomic mass is 19.4. The summed E-state index contributed by atoms with van der Waals surface area (Å²) in [7, 11) is 0. The van der Waals surface area contributed by atoms with Crippen molar-refractivity contribution in [2.45, 2.75) is 25.1 Å². The Bertz CT molecular complexity index is 341. The maximum atomic E-state index is 12.6. The Morgan fingerprint density at radius 3 is 2.07 bits per heavy atom. The lowest BCUT2D eigenvalue weighted by Gasteiger charge is -2.23. The third kappa shape index (κ3) is 2.11. The topological polar surface area (TPSA) is 33.4 Å². The van der Waals surface area contributed by atoms with E-state index in [4.69, 9.17) is 5.11 Å². The fourth-order valence-electron chi connectivity index (χ4n) is 0.934. The van der Waals surface area contributed by atoms with Gasteiger partial charge in [0, 0.05) is 0 Å². The minimum atomic E-state index is -5.81. The Kier molecular flexibility index (Phi) is 2.77. The summed E-state index contributed by atoms with van der Waals surface area (Å²) in [6.07, 6.45) is -8.83. The van der Waals surface area contributed by atoms with Crippen LogP contribution in [0.15, 0.2) is 16.5 Å². The first-order valence-corrected chi connectivity index (χ1v) is 3.85. The number of furan rings is 1. The Hall–Kier alpha value is -1.11. The molecule has 1 unspecified atom stereocenters. The maximum absolute atomic E-state index is 12.6. The highest BCUT2D eigenvalue weighted by Crippen LogP contribution is 2.44. The van der Waals surface area contributed by atoms with Crippen LogP contribution in [0.1, 0.15) is 17.6 Å². The third-order valence-electron chi connectivity index (χ3n) is 1.75. The van der Waals surface area contributed by atoms with Gasteiger partial charge in [0.05, 0.1) is 0 Å². The normalized spacial score (nSPS) is 15.4. The van der Waals surface area contributed by atoms with Crippen LogP contribution >= 0.6 is 0 Å². The molecule has 0 bridgehead atoms. The van der Waals surface area contributed by atoms with E-state index in [0.29, 0.717) is 0 Å². The van der Waals surface area contributed by atoms with Gasteiger partial charge in [-0.2, -0.15) is 22.0 Å². The van der Waals surface area contributed by atoms with Crippen LogP contribution in [-0.4, -0.2) is 17.2 Å². The predicted octanol–water partition coefficient (Wildman–Crippen LogP) is 2.82. The van der Waals surface area contributed by atoms with E-state index in [9.17, 15) is 22.0 Å². The Labute approximate surface area is 81.3 Å². The van der Waals surface area contributed by atoms with E-state index in [-0.39, 0.29) is 5.76 Å². The lowest BCUT2D eigenvalue weighted by atomic mass is 10.1. The number of hydrogen-bond donors (Lipinski definition) is 1. The molecule has 1 rings (SSSR count). The van der Waals surface area contributed by atoms with Gasteiger partial charge >= 0.3 is 12.1 Å². The van der Waals surface area contributed by atoms with Gasteiger partial charge in [-0.3, -0.25) is 0 Å². The molecule has 0 saturated heterocycles. The number of halogens is 5. The molecule has 0 fully saturated rings. The van der Waals surface area contributed by atoms with Crippen molar-refractivity contribution >= 4 is 0 Å². The zero-order valence-corrected chi connectivity index (χ0v) is 7.48. The fourth-order valence-corrected chi connectivity index (χ4v) is 0.934. The average molecular weight is 230 g/mol. The Balaban J connectivity index is 2.99. The van der Waals surface area contributed by atoms with Crippen molar-refractivity contribution in [3.05, 3.63) is 23.7 Å². The molecule has 2 nitrogen and oxygen atoms in total. The van der Waals surface area contributed by atoms with E-state index >= 15 is 0 Å². The number of aryl methyl sites for hydroxylation is 1. The summed E-state index contributed by atoms with van der Waals surface area (Å²) in [5, 5.41) is 8.83. The summed E-state index contributed by atoms with van der Waals surface area (Å²) in [6.45, 7) is 1.36. The molecule has 1 atom stereocenters. The van der Waals surface area contributed by atoms with Crippen molar-refractivity contribution in [3.63, 3.8) is 0 Å². The lowest BCUT2D eigenvalue weighted by Crippen LogP contribution is -2.42. The van der Waals surface area contributed by atoms with Crippen LogP contribution in [0.25, 0.3) is 0 Å². The average Bonchev–Trinajstić information content (AvgIpc) is 2.48. The highest BCUT2D eigenvalue weighted by molar-refractivity contribution is 5.11. The molecule has 0 spiro atoms. The van der Waals surface area contributed by atoms with Crippen LogP contribution in [-0.2, 0) is 0 Å². The smallest absolute Gasteiger partial charge is 0.456 e. The predicted molar refractivity (Wildman–Crippen MR) is 39.4 cm³/mol. The first-order valence-electron chi connectivity index (χ1n) is 3.85. The van der Waals surface area contributed by atoms with Gasteiger partial charge in [0.2, 0.25) is 0 Å². The fraction of sp³-hybridized carbons (Fsp3) is 0.500. The van der Waals surface area contributed by atoms with Crippen LogP contribution in [0.3, 0.4) is 0 Å². The molecular formula is C8H7F5O2. The molecule has 1 N–H and O–H groups in total. The zero-order valence-electron chi connectivity index (χ0n) is 7.48. The Morgan fingerprint density at radius 1 is 1.20 bits per heavy atom. The van der Waals surface area contributed by atoms with Crippen LogP contribution < -0.4 is 0 Å². The molecule has 1 heterocycles. The molecule has 15 heavy (non-hydrogen) atoms. The summed E-state index contributed by atoms with van der Waals surface area (Å²) < 4.78 is 65.1. The van der Waals surface area contributed by atoms with Crippen molar-refractivity contribution in [2.75, 3.05) is 0 Å². The second-order valence-electron chi connectivity index (χ2n) is 2.97. The number of rotatable bonds is 2. The number of alkyl halides is 5. The minimum Gasteiger partial charge on any atom is -0.463 e. The van der Waals surface area contributed by atoms with Crippen molar-refractivity contribution in [3.8, 4) is 0 Å². The van der Waals surface area contributed by atoms with E-state index in [1.807, 2.05) is 0 Å². The Morgan fingerprint density at radius 2 is 1.73 bits per heavy atom. The molecule has 0 radical (unpaired) electrons. The minimum absolute atomic E-state index is 0.141. The van der Waals surface area contributed by atoms with Crippen molar-refractivity contribution < 1.29 is 31.5 Å². The molecule has 1 aromatic rings. The summed E-state index contributed by atoms with van der Waals surface area (Å²) in [6, 6.07) is 2.06. The molecule has 1 aromatic heterocycles. The molecule has 0 amide bonds. The van der Waals surface area contributed by atoms with Crippen LogP contribution in [0.4, 0.5) is 22.0 Å². The molecular weight excluding hydrogens is 223 g/mol. The molecule has 0 aliphatic carbocycles. The first-order chi connectivity index (χ1) is 6.66. The van der Waals surface area contributed by atoms with Crippen LogP contribution in [0.2, 0.25) is 0 Å².